The smallest absolute Gasteiger partial charge is 0.418 e. The van der Waals surface area contributed by atoms with Gasteiger partial charge < -0.3 is 17.3 Å². The molecule has 4 aromatic carbocycles. The van der Waals surface area contributed by atoms with Gasteiger partial charge in [0.2, 0.25) is 0 Å². The first kappa shape index (κ1) is 49.0. The number of benzene rings is 4. The summed E-state index contributed by atoms with van der Waals surface area (Å²) in [4.78, 5) is 56.4. The third kappa shape index (κ3) is 9.46. The average molecular weight is 1020 g/mol. The minimum Gasteiger partial charge on any atom is -0.418 e. The number of aryl methyl sites for hydroxylation is 8. The van der Waals surface area contributed by atoms with Gasteiger partial charge in [0.05, 0.1) is 35.9 Å². The van der Waals surface area contributed by atoms with E-state index in [0.29, 0.717) is 22.3 Å². The molecule has 0 atom stereocenters. The van der Waals surface area contributed by atoms with Crippen molar-refractivity contribution in [1.82, 2.24) is 48.9 Å². The van der Waals surface area contributed by atoms with E-state index in [2.05, 4.69) is 20.4 Å². The second kappa shape index (κ2) is 19.0. The minimum atomic E-state index is -6.00. The van der Waals surface area contributed by atoms with Gasteiger partial charge in [0.1, 0.15) is 0 Å². The van der Waals surface area contributed by atoms with Crippen molar-refractivity contribution in [3.05, 3.63) is 165 Å². The summed E-state index contributed by atoms with van der Waals surface area (Å²) in [6.45, 7) is 15.8. The first-order chi connectivity index (χ1) is 31.7. The van der Waals surface area contributed by atoms with E-state index >= 15 is 0 Å². The Hall–Kier alpha value is -6.95. The van der Waals surface area contributed by atoms with Gasteiger partial charge in [0.25, 0.3) is 23.6 Å². The zero-order valence-electron chi connectivity index (χ0n) is 38.3. The van der Waals surface area contributed by atoms with Crippen molar-refractivity contribution in [3.8, 4) is 0 Å². The summed E-state index contributed by atoms with van der Waals surface area (Å²) in [5.41, 5.74) is 9.44. The molecule has 10 rings (SSSR count). The Bertz CT molecular complexity index is 2870. The maximum Gasteiger partial charge on any atom is 1.00 e. The summed E-state index contributed by atoms with van der Waals surface area (Å²) in [7, 11) is -6.00. The number of carbonyl (C=O) groups excluding carboxylic acids is 4. The van der Waals surface area contributed by atoms with Crippen LogP contribution in [0.5, 0.6) is 0 Å². The molecule has 354 valence electrons. The summed E-state index contributed by atoms with van der Waals surface area (Å²) in [5, 5.41) is 21.8. The number of hydrogen-bond acceptors (Lipinski definition) is 8. The fourth-order valence-corrected chi connectivity index (χ4v) is 9.13. The standard InChI is InChI=1S/2C24H23N5O2.Ag.BF4/c2*1-14-11-16(3)28(25-14)21(29-17(4)12-15(2)26-29)13-27-23(30)19-9-5-7-18-8-6-10-20(22(18)19)24(27)31;;2-1(3,4)5/h2*5-12,21H,13H2,1-4H3;;/q;;+1;-1. The van der Waals surface area contributed by atoms with Crippen LogP contribution in [0.15, 0.2) is 97.1 Å². The summed E-state index contributed by atoms with van der Waals surface area (Å²) >= 11 is 0. The first-order valence-electron chi connectivity index (χ1n) is 21.4. The third-order valence-electron chi connectivity index (χ3n) is 11.7. The molecule has 0 bridgehead atoms. The van der Waals surface area contributed by atoms with Crippen LogP contribution in [0, 0.1) is 55.4 Å². The maximum atomic E-state index is 13.4. The number of aromatic nitrogens is 8. The molecule has 4 amide bonds. The Kier molecular flexibility index (Phi) is 13.7. The van der Waals surface area contributed by atoms with Crippen molar-refractivity contribution in [3.63, 3.8) is 0 Å². The van der Waals surface area contributed by atoms with Gasteiger partial charge in [-0.15, -0.1) is 0 Å². The van der Waals surface area contributed by atoms with E-state index in [1.54, 1.807) is 24.3 Å². The Morgan fingerprint density at radius 2 is 0.647 bits per heavy atom. The normalized spacial score (nSPS) is 13.3. The first-order valence-corrected chi connectivity index (χ1v) is 21.4. The van der Waals surface area contributed by atoms with E-state index in [1.807, 2.05) is 147 Å². The van der Waals surface area contributed by atoms with Gasteiger partial charge in [-0.2, -0.15) is 20.4 Å². The Balaban J connectivity index is 0.000000181. The molecule has 2 aliphatic heterocycles. The molecule has 6 heterocycles. The number of nitrogens with zero attached hydrogens (tertiary/aromatic N) is 10. The topological polar surface area (TPSA) is 146 Å². The monoisotopic (exact) mass is 1020 g/mol. The summed E-state index contributed by atoms with van der Waals surface area (Å²) in [5.74, 6) is -1.16. The molecule has 0 saturated carbocycles. The number of amides is 4. The van der Waals surface area contributed by atoms with Gasteiger partial charge in [0, 0.05) is 55.8 Å². The Morgan fingerprint density at radius 1 is 0.426 bits per heavy atom. The van der Waals surface area contributed by atoms with Gasteiger partial charge in [-0.05, 0) is 115 Å². The summed E-state index contributed by atoms with van der Waals surface area (Å²) in [6.07, 6.45) is -0.889. The van der Waals surface area contributed by atoms with Crippen molar-refractivity contribution < 1.29 is 58.8 Å². The predicted molar refractivity (Wildman–Crippen MR) is 244 cm³/mol. The quantitative estimate of drug-likeness (QED) is 0.0834. The second-order valence-corrected chi connectivity index (χ2v) is 16.8. The largest absolute Gasteiger partial charge is 1.00 e. The second-order valence-electron chi connectivity index (χ2n) is 16.8. The van der Waals surface area contributed by atoms with Crippen LogP contribution < -0.4 is 0 Å². The molecule has 4 aromatic heterocycles. The van der Waals surface area contributed by atoms with E-state index in [0.717, 1.165) is 67.1 Å². The molecule has 68 heavy (non-hydrogen) atoms. The molecule has 20 heteroatoms. The van der Waals surface area contributed by atoms with Gasteiger partial charge >= 0.3 is 29.6 Å². The SMILES string of the molecule is Cc1cc(C)n(C(CN2C(=O)c3cccc4cccc(c34)C2=O)n2nc(C)cc2C)n1.Cc1cc(C)n(C(CN2C(=O)c3cccc4cccc(c34)C2=O)n2nc(C)cc2C)n1.F[B-](F)(F)F.[Ag+]. The van der Waals surface area contributed by atoms with E-state index in [-0.39, 0.29) is 59.1 Å². The number of rotatable bonds is 8. The van der Waals surface area contributed by atoms with Crippen molar-refractivity contribution in [2.45, 2.75) is 67.7 Å². The Morgan fingerprint density at radius 3 is 0.838 bits per heavy atom. The molecule has 0 N–H and O–H groups in total. The van der Waals surface area contributed by atoms with E-state index < -0.39 is 19.6 Å². The Labute approximate surface area is 404 Å². The van der Waals surface area contributed by atoms with Crippen LogP contribution in [0.4, 0.5) is 17.3 Å². The fourth-order valence-electron chi connectivity index (χ4n) is 9.13. The number of hydrogen-bond donors (Lipinski definition) is 0. The maximum absolute atomic E-state index is 13.4. The van der Waals surface area contributed by atoms with Crippen molar-refractivity contribution in [2.75, 3.05) is 13.1 Å². The van der Waals surface area contributed by atoms with Crippen LogP contribution in [0.1, 0.15) is 99.3 Å². The van der Waals surface area contributed by atoms with Gasteiger partial charge in [-0.25, -0.2) is 18.7 Å². The van der Waals surface area contributed by atoms with E-state index in [9.17, 15) is 36.4 Å². The van der Waals surface area contributed by atoms with Crippen molar-refractivity contribution in [2.24, 2.45) is 0 Å². The molecule has 0 fully saturated rings. The third-order valence-corrected chi connectivity index (χ3v) is 11.7. The number of halogens is 4. The van der Waals surface area contributed by atoms with Gasteiger partial charge in [0.15, 0.2) is 12.3 Å². The number of imide groups is 2. The van der Waals surface area contributed by atoms with Crippen LogP contribution in [0.3, 0.4) is 0 Å². The van der Waals surface area contributed by atoms with E-state index in [1.165, 1.54) is 9.80 Å². The predicted octanol–water partition coefficient (Wildman–Crippen LogP) is 8.92. The molecule has 8 aromatic rings. The average Bonchev–Trinajstić information content (AvgIpc) is 4.01. The summed E-state index contributed by atoms with van der Waals surface area (Å²) < 4.78 is 46.4. The minimum absolute atomic E-state index is 0. The van der Waals surface area contributed by atoms with Crippen LogP contribution in [-0.2, 0) is 22.4 Å². The molecule has 0 saturated heterocycles. The molecule has 0 aliphatic carbocycles. The molecular formula is C48H46AgBF4N10O4. The fraction of sp³-hybridized carbons (Fsp3) is 0.250. The summed E-state index contributed by atoms with van der Waals surface area (Å²) in [6, 6.07) is 30.2. The van der Waals surface area contributed by atoms with Crippen molar-refractivity contribution >= 4 is 52.4 Å². The molecular weight excluding hydrogens is 975 g/mol. The molecule has 0 radical (unpaired) electrons. The zero-order valence-corrected chi connectivity index (χ0v) is 39.8. The van der Waals surface area contributed by atoms with E-state index in [4.69, 9.17) is 0 Å². The zero-order chi connectivity index (χ0) is 48.2. The molecule has 2 aliphatic rings. The van der Waals surface area contributed by atoms with Crippen molar-refractivity contribution in [1.29, 1.82) is 0 Å². The molecule has 0 unspecified atom stereocenters. The van der Waals surface area contributed by atoms with Crippen LogP contribution in [0.2, 0.25) is 0 Å². The van der Waals surface area contributed by atoms with Crippen LogP contribution in [-0.4, -0.2) is 92.9 Å². The van der Waals surface area contributed by atoms with Crippen LogP contribution in [0.25, 0.3) is 21.5 Å². The molecule has 14 nitrogen and oxygen atoms in total. The van der Waals surface area contributed by atoms with Gasteiger partial charge in [-0.1, -0.05) is 48.5 Å². The number of carbonyl (C=O) groups is 4. The van der Waals surface area contributed by atoms with Crippen LogP contribution >= 0.6 is 0 Å². The van der Waals surface area contributed by atoms with Gasteiger partial charge in [-0.3, -0.25) is 29.0 Å². The molecule has 0 spiro atoms.